The Kier molecular flexibility index (Phi) is 7.40. The Hall–Kier alpha value is -2.37. The summed E-state index contributed by atoms with van der Waals surface area (Å²) < 4.78 is 33.1. The molecule has 1 aliphatic heterocycles. The Bertz CT molecular complexity index is 1170. The zero-order valence-corrected chi connectivity index (χ0v) is 20.4. The largest absolute Gasteiger partial charge is 0.383 e. The number of ether oxygens (including phenoxy) is 1. The minimum atomic E-state index is -3.62. The number of methoxy groups -OCH3 is 1. The molecule has 2 aromatic carbocycles. The van der Waals surface area contributed by atoms with Crippen molar-refractivity contribution in [3.05, 3.63) is 59.1 Å². The Balaban J connectivity index is 1.35. The first-order chi connectivity index (χ1) is 15.9. The predicted octanol–water partition coefficient (Wildman–Crippen LogP) is 2.74. The van der Waals surface area contributed by atoms with Gasteiger partial charge in [0.15, 0.2) is 0 Å². The summed E-state index contributed by atoms with van der Waals surface area (Å²) in [7, 11) is -2.11. The number of benzene rings is 2. The average molecular weight is 489 g/mol. The molecule has 176 valence electrons. The highest BCUT2D eigenvalue weighted by atomic mass is 32.2. The van der Waals surface area contributed by atoms with Gasteiger partial charge in [-0.3, -0.25) is 9.69 Å². The van der Waals surface area contributed by atoms with Gasteiger partial charge in [-0.15, -0.1) is 11.3 Å². The molecular weight excluding hydrogens is 460 g/mol. The van der Waals surface area contributed by atoms with Gasteiger partial charge in [-0.25, -0.2) is 18.1 Å². The summed E-state index contributed by atoms with van der Waals surface area (Å²) >= 11 is 1.72. The lowest BCUT2D eigenvalue weighted by atomic mass is 10.1. The van der Waals surface area contributed by atoms with Gasteiger partial charge in [0.05, 0.1) is 27.8 Å². The van der Waals surface area contributed by atoms with Crippen LogP contribution < -0.4 is 4.72 Å². The van der Waals surface area contributed by atoms with Crippen molar-refractivity contribution in [3.63, 3.8) is 0 Å². The van der Waals surface area contributed by atoms with E-state index in [1.807, 2.05) is 23.1 Å². The molecule has 1 aromatic heterocycles. The van der Waals surface area contributed by atoms with Gasteiger partial charge in [0.1, 0.15) is 5.01 Å². The van der Waals surface area contributed by atoms with Crippen molar-refractivity contribution in [1.29, 1.82) is 0 Å². The molecule has 1 amide bonds. The van der Waals surface area contributed by atoms with E-state index in [1.165, 1.54) is 23.9 Å². The number of rotatable bonds is 8. The smallest absolute Gasteiger partial charge is 0.253 e. The number of sulfonamides is 1. The van der Waals surface area contributed by atoms with Crippen LogP contribution in [-0.2, 0) is 14.8 Å². The molecule has 0 saturated carbocycles. The molecule has 10 heteroatoms. The number of thiazole rings is 1. The van der Waals surface area contributed by atoms with Gasteiger partial charge < -0.3 is 9.64 Å². The molecular formula is C23H28N4O4S2. The molecule has 0 bridgehead atoms. The number of carbonyl (C=O) groups excluding carboxylic acids is 1. The lowest BCUT2D eigenvalue weighted by Crippen LogP contribution is -2.49. The number of amides is 1. The third-order valence-electron chi connectivity index (χ3n) is 5.83. The van der Waals surface area contributed by atoms with Crippen molar-refractivity contribution in [1.82, 2.24) is 19.5 Å². The van der Waals surface area contributed by atoms with Crippen molar-refractivity contribution >= 4 is 37.5 Å². The third-order valence-corrected chi connectivity index (χ3v) is 8.51. The first kappa shape index (κ1) is 23.8. The van der Waals surface area contributed by atoms with Crippen LogP contribution in [0.2, 0.25) is 0 Å². The lowest BCUT2D eigenvalue weighted by molar-refractivity contribution is 0.0582. The van der Waals surface area contributed by atoms with Crippen molar-refractivity contribution in [3.8, 4) is 0 Å². The summed E-state index contributed by atoms with van der Waals surface area (Å²) in [6.07, 6.45) is 0. The maximum atomic E-state index is 13.0. The van der Waals surface area contributed by atoms with E-state index in [-0.39, 0.29) is 23.4 Å². The predicted molar refractivity (Wildman–Crippen MR) is 129 cm³/mol. The van der Waals surface area contributed by atoms with Crippen LogP contribution in [0.4, 0.5) is 0 Å². The Morgan fingerprint density at radius 3 is 2.48 bits per heavy atom. The van der Waals surface area contributed by atoms with Crippen LogP contribution in [0.15, 0.2) is 53.4 Å². The van der Waals surface area contributed by atoms with Gasteiger partial charge in [-0.1, -0.05) is 12.1 Å². The molecule has 1 unspecified atom stereocenters. The monoisotopic (exact) mass is 488 g/mol. The van der Waals surface area contributed by atoms with E-state index < -0.39 is 10.0 Å². The summed E-state index contributed by atoms with van der Waals surface area (Å²) in [6.45, 7) is 5.41. The van der Waals surface area contributed by atoms with Crippen molar-refractivity contribution in [2.24, 2.45) is 0 Å². The maximum absolute atomic E-state index is 13.0. The number of hydrogen-bond acceptors (Lipinski definition) is 7. The molecule has 1 aliphatic rings. The van der Waals surface area contributed by atoms with E-state index in [0.29, 0.717) is 25.3 Å². The highest BCUT2D eigenvalue weighted by Gasteiger charge is 2.27. The molecule has 0 aliphatic carbocycles. The van der Waals surface area contributed by atoms with E-state index in [0.717, 1.165) is 23.6 Å². The molecule has 3 aromatic rings. The van der Waals surface area contributed by atoms with Gasteiger partial charge >= 0.3 is 0 Å². The summed E-state index contributed by atoms with van der Waals surface area (Å²) in [4.78, 5) is 22.0. The highest BCUT2D eigenvalue weighted by Crippen LogP contribution is 2.30. The van der Waals surface area contributed by atoms with Gasteiger partial charge in [0.25, 0.3) is 5.91 Å². The van der Waals surface area contributed by atoms with Crippen molar-refractivity contribution in [2.45, 2.75) is 17.9 Å². The Morgan fingerprint density at radius 1 is 1.12 bits per heavy atom. The number of nitrogens with zero attached hydrogens (tertiary/aromatic N) is 3. The fourth-order valence-corrected chi connectivity index (χ4v) is 5.92. The number of para-hydroxylation sites is 1. The van der Waals surface area contributed by atoms with E-state index in [4.69, 9.17) is 9.72 Å². The van der Waals surface area contributed by atoms with Crippen LogP contribution in [0.5, 0.6) is 0 Å². The second-order valence-electron chi connectivity index (χ2n) is 7.94. The summed E-state index contributed by atoms with van der Waals surface area (Å²) in [5.74, 6) is -0.0846. The molecule has 1 N–H and O–H groups in total. The fourth-order valence-electron chi connectivity index (χ4n) is 3.86. The van der Waals surface area contributed by atoms with Crippen LogP contribution in [0, 0.1) is 0 Å². The maximum Gasteiger partial charge on any atom is 0.253 e. The zero-order chi connectivity index (χ0) is 23.4. The molecule has 0 radical (unpaired) electrons. The molecule has 1 fully saturated rings. The molecule has 4 rings (SSSR count). The number of piperazine rings is 1. The number of aromatic nitrogens is 1. The number of nitrogens with one attached hydrogen (secondary N) is 1. The van der Waals surface area contributed by atoms with Crippen LogP contribution in [0.25, 0.3) is 10.2 Å². The van der Waals surface area contributed by atoms with E-state index in [9.17, 15) is 13.2 Å². The van der Waals surface area contributed by atoms with Crippen LogP contribution in [0.3, 0.4) is 0 Å². The minimum absolute atomic E-state index is 0.0846. The summed E-state index contributed by atoms with van der Waals surface area (Å²) in [5.41, 5.74) is 1.51. The van der Waals surface area contributed by atoms with Gasteiger partial charge in [-0.2, -0.15) is 0 Å². The van der Waals surface area contributed by atoms with Crippen LogP contribution in [0.1, 0.15) is 28.3 Å². The average Bonchev–Trinajstić information content (AvgIpc) is 3.28. The summed E-state index contributed by atoms with van der Waals surface area (Å²) in [6, 6.07) is 14.4. The van der Waals surface area contributed by atoms with Gasteiger partial charge in [0, 0.05) is 45.4 Å². The first-order valence-corrected chi connectivity index (χ1v) is 13.2. The standard InChI is InChI=1S/C23H28N4O4S2/c1-17(22-25-20-5-3-4-6-21(20)32-22)26-12-14-27(15-13-26)23(28)18-7-9-19(10-8-18)33(29,30)24-11-16-31-2/h3-10,17,24H,11-16H2,1-2H3. The second kappa shape index (κ2) is 10.3. The van der Waals surface area contributed by atoms with Crippen molar-refractivity contribution < 1.29 is 17.9 Å². The quantitative estimate of drug-likeness (QED) is 0.490. The number of hydrogen-bond donors (Lipinski definition) is 1. The van der Waals surface area contributed by atoms with Gasteiger partial charge in [0.2, 0.25) is 10.0 Å². The van der Waals surface area contributed by atoms with E-state index >= 15 is 0 Å². The number of fused-ring (bicyclic) bond motifs is 1. The zero-order valence-electron chi connectivity index (χ0n) is 18.7. The Morgan fingerprint density at radius 2 is 1.82 bits per heavy atom. The second-order valence-corrected chi connectivity index (χ2v) is 10.8. The highest BCUT2D eigenvalue weighted by molar-refractivity contribution is 7.89. The number of carbonyl (C=O) groups is 1. The fraction of sp³-hybridized carbons (Fsp3) is 0.391. The molecule has 33 heavy (non-hydrogen) atoms. The third kappa shape index (κ3) is 5.42. The molecule has 0 spiro atoms. The van der Waals surface area contributed by atoms with Gasteiger partial charge in [-0.05, 0) is 43.3 Å². The molecule has 8 nitrogen and oxygen atoms in total. The van der Waals surface area contributed by atoms with Crippen LogP contribution in [-0.4, -0.2) is 75.5 Å². The summed E-state index contributed by atoms with van der Waals surface area (Å²) in [5, 5.41) is 1.09. The molecule has 1 saturated heterocycles. The molecule has 1 atom stereocenters. The van der Waals surface area contributed by atoms with Crippen molar-refractivity contribution in [2.75, 3.05) is 46.4 Å². The first-order valence-electron chi connectivity index (χ1n) is 10.9. The Labute approximate surface area is 198 Å². The van der Waals surface area contributed by atoms with E-state index in [2.05, 4.69) is 22.6 Å². The normalized spacial score (nSPS) is 16.2. The molecule has 2 heterocycles. The topological polar surface area (TPSA) is 91.8 Å². The SMILES string of the molecule is COCCNS(=O)(=O)c1ccc(C(=O)N2CCN(C(C)c3nc4ccccc4s3)CC2)cc1. The lowest BCUT2D eigenvalue weighted by Gasteiger charge is -2.37. The minimum Gasteiger partial charge on any atom is -0.383 e. The van der Waals surface area contributed by atoms with E-state index in [1.54, 1.807) is 23.5 Å². The van der Waals surface area contributed by atoms with Crippen LogP contribution >= 0.6 is 11.3 Å².